The third kappa shape index (κ3) is 5.46. The Balaban J connectivity index is 3.81. The maximum absolute atomic E-state index is 10.9. The van der Waals surface area contributed by atoms with E-state index in [1.165, 1.54) is 0 Å². The highest BCUT2D eigenvalue weighted by Gasteiger charge is 2.01. The fraction of sp³-hybridized carbons (Fsp3) is 0.500. The van der Waals surface area contributed by atoms with Crippen molar-refractivity contribution in [3.63, 3.8) is 0 Å². The number of rotatable bonds is 4. The molecule has 68 valence electrons. The normalized spacial score (nSPS) is 12.8. The molecule has 0 saturated carbocycles. The zero-order valence-corrected chi connectivity index (χ0v) is 7.20. The summed E-state index contributed by atoms with van der Waals surface area (Å²) in [5, 5.41) is 10.8. The Morgan fingerprint density at radius 1 is 1.50 bits per heavy atom. The van der Waals surface area contributed by atoms with Crippen LogP contribution in [0.4, 0.5) is 0 Å². The molecule has 4 nitrogen and oxygen atoms in total. The number of nitrogens with one attached hydrogen (secondary N) is 1. The van der Waals surface area contributed by atoms with Crippen LogP contribution < -0.4 is 5.32 Å². The second-order valence-electron chi connectivity index (χ2n) is 2.49. The van der Waals surface area contributed by atoms with Gasteiger partial charge in [-0.25, -0.2) is 4.79 Å². The Labute approximate surface area is 71.3 Å². The monoisotopic (exact) mass is 171 g/mol. The number of carbonyl (C=O) groups is 2. The molecular weight excluding hydrogens is 158 g/mol. The van der Waals surface area contributed by atoms with Crippen molar-refractivity contribution in [3.05, 3.63) is 12.2 Å². The number of amides is 1. The summed E-state index contributed by atoms with van der Waals surface area (Å²) in [4.78, 5) is 20.8. The molecular formula is C8H13NO3. The first-order chi connectivity index (χ1) is 5.56. The van der Waals surface area contributed by atoms with E-state index in [0.717, 1.165) is 18.6 Å². The molecule has 0 saturated heterocycles. The molecule has 0 aliphatic rings. The van der Waals surface area contributed by atoms with Gasteiger partial charge in [-0.3, -0.25) is 4.79 Å². The Kier molecular flexibility index (Phi) is 4.76. The van der Waals surface area contributed by atoms with E-state index in [0.29, 0.717) is 0 Å². The van der Waals surface area contributed by atoms with E-state index in [-0.39, 0.29) is 11.9 Å². The standard InChI is InChI=1S/C8H13NO3/c1-3-6(2)9-7(10)4-5-8(11)12/h4-6H,3H2,1-2H3,(H,9,10)(H,11,12)/b5-4+. The molecule has 4 heteroatoms. The Hall–Kier alpha value is -1.32. The highest BCUT2D eigenvalue weighted by Crippen LogP contribution is 1.87. The lowest BCUT2D eigenvalue weighted by atomic mass is 10.2. The first kappa shape index (κ1) is 10.7. The lowest BCUT2D eigenvalue weighted by Gasteiger charge is -2.07. The van der Waals surface area contributed by atoms with E-state index in [2.05, 4.69) is 5.32 Å². The topological polar surface area (TPSA) is 66.4 Å². The van der Waals surface area contributed by atoms with Gasteiger partial charge in [0, 0.05) is 18.2 Å². The number of carbonyl (C=O) groups excluding carboxylic acids is 1. The Bertz CT molecular complexity index is 198. The number of hydrogen-bond acceptors (Lipinski definition) is 2. The van der Waals surface area contributed by atoms with Crippen molar-refractivity contribution in [1.29, 1.82) is 0 Å². The number of hydrogen-bond donors (Lipinski definition) is 2. The average molecular weight is 171 g/mol. The van der Waals surface area contributed by atoms with E-state index < -0.39 is 5.97 Å². The minimum Gasteiger partial charge on any atom is -0.478 e. The maximum atomic E-state index is 10.9. The first-order valence-electron chi connectivity index (χ1n) is 3.77. The summed E-state index contributed by atoms with van der Waals surface area (Å²) in [5.41, 5.74) is 0. The van der Waals surface area contributed by atoms with Gasteiger partial charge in [0.25, 0.3) is 0 Å². The molecule has 0 aliphatic carbocycles. The molecule has 2 N–H and O–H groups in total. The minimum absolute atomic E-state index is 0.0796. The van der Waals surface area contributed by atoms with Gasteiger partial charge in [-0.1, -0.05) is 6.92 Å². The van der Waals surface area contributed by atoms with Gasteiger partial charge in [0.1, 0.15) is 0 Å². The van der Waals surface area contributed by atoms with Crippen LogP contribution in [0.2, 0.25) is 0 Å². The summed E-state index contributed by atoms with van der Waals surface area (Å²) < 4.78 is 0. The van der Waals surface area contributed by atoms with Crippen molar-refractivity contribution < 1.29 is 14.7 Å². The third-order valence-electron chi connectivity index (χ3n) is 1.38. The van der Waals surface area contributed by atoms with E-state index in [9.17, 15) is 9.59 Å². The van der Waals surface area contributed by atoms with Crippen LogP contribution in [0.15, 0.2) is 12.2 Å². The van der Waals surface area contributed by atoms with E-state index >= 15 is 0 Å². The molecule has 0 bridgehead atoms. The predicted molar refractivity (Wildman–Crippen MR) is 44.7 cm³/mol. The molecule has 0 aromatic rings. The fourth-order valence-corrected chi connectivity index (χ4v) is 0.540. The van der Waals surface area contributed by atoms with E-state index in [1.807, 2.05) is 13.8 Å². The van der Waals surface area contributed by atoms with Crippen LogP contribution in [-0.4, -0.2) is 23.0 Å². The summed E-state index contributed by atoms with van der Waals surface area (Å²) >= 11 is 0. The smallest absolute Gasteiger partial charge is 0.328 e. The van der Waals surface area contributed by atoms with Crippen molar-refractivity contribution in [1.82, 2.24) is 5.32 Å². The van der Waals surface area contributed by atoms with Crippen LogP contribution in [-0.2, 0) is 9.59 Å². The molecule has 0 radical (unpaired) electrons. The number of aliphatic carboxylic acids is 1. The van der Waals surface area contributed by atoms with Crippen LogP contribution in [0.5, 0.6) is 0 Å². The predicted octanol–water partition coefficient (Wildman–Crippen LogP) is 0.542. The average Bonchev–Trinajstić information content (AvgIpc) is 2.00. The molecule has 0 fully saturated rings. The van der Waals surface area contributed by atoms with Gasteiger partial charge >= 0.3 is 5.97 Å². The van der Waals surface area contributed by atoms with Gasteiger partial charge in [0.2, 0.25) is 5.91 Å². The molecule has 0 rings (SSSR count). The van der Waals surface area contributed by atoms with Crippen molar-refractivity contribution in [2.24, 2.45) is 0 Å². The van der Waals surface area contributed by atoms with Crippen LogP contribution in [0, 0.1) is 0 Å². The van der Waals surface area contributed by atoms with E-state index in [1.54, 1.807) is 0 Å². The molecule has 12 heavy (non-hydrogen) atoms. The van der Waals surface area contributed by atoms with Gasteiger partial charge < -0.3 is 10.4 Å². The molecule has 1 atom stereocenters. The molecule has 0 aromatic heterocycles. The fourth-order valence-electron chi connectivity index (χ4n) is 0.540. The second-order valence-corrected chi connectivity index (χ2v) is 2.49. The molecule has 0 aliphatic heterocycles. The van der Waals surface area contributed by atoms with Gasteiger partial charge in [-0.15, -0.1) is 0 Å². The summed E-state index contributed by atoms with van der Waals surface area (Å²) in [6.45, 7) is 3.79. The maximum Gasteiger partial charge on any atom is 0.328 e. The summed E-state index contributed by atoms with van der Waals surface area (Å²) in [6, 6.07) is 0.0796. The quantitative estimate of drug-likeness (QED) is 0.607. The van der Waals surface area contributed by atoms with Crippen LogP contribution in [0.3, 0.4) is 0 Å². The molecule has 0 spiro atoms. The first-order valence-corrected chi connectivity index (χ1v) is 3.77. The molecule has 0 aromatic carbocycles. The van der Waals surface area contributed by atoms with Gasteiger partial charge in [-0.05, 0) is 13.3 Å². The largest absolute Gasteiger partial charge is 0.478 e. The van der Waals surface area contributed by atoms with Crippen molar-refractivity contribution in [3.8, 4) is 0 Å². The highest BCUT2D eigenvalue weighted by molar-refractivity contribution is 5.93. The SMILES string of the molecule is CCC(C)NC(=O)/C=C/C(=O)O. The lowest BCUT2D eigenvalue weighted by Crippen LogP contribution is -2.30. The Morgan fingerprint density at radius 2 is 2.08 bits per heavy atom. The Morgan fingerprint density at radius 3 is 2.50 bits per heavy atom. The van der Waals surface area contributed by atoms with Crippen LogP contribution in [0.25, 0.3) is 0 Å². The van der Waals surface area contributed by atoms with Crippen LogP contribution >= 0.6 is 0 Å². The van der Waals surface area contributed by atoms with Gasteiger partial charge in [0.15, 0.2) is 0 Å². The van der Waals surface area contributed by atoms with Crippen molar-refractivity contribution >= 4 is 11.9 Å². The zero-order chi connectivity index (χ0) is 9.56. The number of carboxylic acid groups (broad SMARTS) is 1. The summed E-state index contributed by atoms with van der Waals surface area (Å²) in [5.74, 6) is -1.49. The third-order valence-corrected chi connectivity index (χ3v) is 1.38. The molecule has 1 unspecified atom stereocenters. The summed E-state index contributed by atoms with van der Waals surface area (Å²) in [7, 11) is 0. The van der Waals surface area contributed by atoms with Gasteiger partial charge in [0.05, 0.1) is 0 Å². The zero-order valence-electron chi connectivity index (χ0n) is 7.20. The molecule has 1 amide bonds. The molecule has 0 heterocycles. The second kappa shape index (κ2) is 5.35. The van der Waals surface area contributed by atoms with Crippen molar-refractivity contribution in [2.75, 3.05) is 0 Å². The van der Waals surface area contributed by atoms with E-state index in [4.69, 9.17) is 5.11 Å². The van der Waals surface area contributed by atoms with Crippen LogP contribution in [0.1, 0.15) is 20.3 Å². The van der Waals surface area contributed by atoms with Gasteiger partial charge in [-0.2, -0.15) is 0 Å². The highest BCUT2D eigenvalue weighted by atomic mass is 16.4. The summed E-state index contributed by atoms with van der Waals surface area (Å²) in [6.07, 6.45) is 2.65. The lowest BCUT2D eigenvalue weighted by molar-refractivity contribution is -0.131. The minimum atomic E-state index is -1.12. The number of carboxylic acids is 1. The van der Waals surface area contributed by atoms with Crippen molar-refractivity contribution in [2.45, 2.75) is 26.3 Å².